The number of hydrazine groups is 1. The number of likely N-dealkylation sites (tertiary alicyclic amines) is 2. The van der Waals surface area contributed by atoms with E-state index >= 15 is 0 Å². The Morgan fingerprint density at radius 3 is 2.28 bits per heavy atom. The Hall–Kier alpha value is -2.63. The second-order valence-electron chi connectivity index (χ2n) is 7.88. The van der Waals surface area contributed by atoms with Crippen molar-refractivity contribution in [2.75, 3.05) is 19.6 Å². The standard InChI is InChI=1S/C20H30F3N5O4/c1-2-7-14(18(31)25-26-20(21,22)23)24-19(32)15-8-6-13-28(15)17(30)10-9-16(29)27-11-4-3-5-12-27/h2,14-15,26H,1,3-13H2,(H,24,32)(H,25,31)/t14-,15+/m1/s1. The first-order valence-corrected chi connectivity index (χ1v) is 10.7. The van der Waals surface area contributed by atoms with E-state index < -0.39 is 30.2 Å². The van der Waals surface area contributed by atoms with Crippen molar-refractivity contribution in [3.63, 3.8) is 0 Å². The van der Waals surface area contributed by atoms with Crippen LogP contribution in [0.25, 0.3) is 0 Å². The van der Waals surface area contributed by atoms with Gasteiger partial charge in [-0.1, -0.05) is 6.08 Å². The van der Waals surface area contributed by atoms with Crippen LogP contribution < -0.4 is 16.2 Å². The first-order valence-electron chi connectivity index (χ1n) is 10.7. The minimum atomic E-state index is -4.82. The van der Waals surface area contributed by atoms with Crippen LogP contribution in [0.4, 0.5) is 13.2 Å². The number of halogens is 3. The van der Waals surface area contributed by atoms with Gasteiger partial charge in [-0.25, -0.2) is 0 Å². The fraction of sp³-hybridized carbons (Fsp3) is 0.700. The number of carbonyl (C=O) groups excluding carboxylic acids is 4. The topological polar surface area (TPSA) is 111 Å². The Kier molecular flexibility index (Phi) is 9.48. The zero-order chi connectivity index (χ0) is 23.7. The van der Waals surface area contributed by atoms with Crippen LogP contribution >= 0.6 is 0 Å². The van der Waals surface area contributed by atoms with Gasteiger partial charge >= 0.3 is 6.30 Å². The van der Waals surface area contributed by atoms with Gasteiger partial charge in [0.05, 0.1) is 0 Å². The van der Waals surface area contributed by atoms with E-state index in [1.807, 2.05) is 0 Å². The largest absolute Gasteiger partial charge is 0.474 e. The molecule has 0 aromatic rings. The van der Waals surface area contributed by atoms with Crippen LogP contribution in [0.2, 0.25) is 0 Å². The Bertz CT molecular complexity index is 710. The van der Waals surface area contributed by atoms with Crippen molar-refractivity contribution in [2.24, 2.45) is 0 Å². The Morgan fingerprint density at radius 1 is 1.00 bits per heavy atom. The SMILES string of the molecule is C=CC[C@@H](NC(=O)[C@@H]1CCCN1C(=O)CCC(=O)N1CCCCC1)C(=O)NNC(F)(F)F. The van der Waals surface area contributed by atoms with Crippen LogP contribution in [0, 0.1) is 0 Å². The fourth-order valence-corrected chi connectivity index (χ4v) is 3.88. The van der Waals surface area contributed by atoms with E-state index in [0.717, 1.165) is 24.7 Å². The number of alkyl halides is 3. The summed E-state index contributed by atoms with van der Waals surface area (Å²) in [7, 11) is 0. The summed E-state index contributed by atoms with van der Waals surface area (Å²) in [5.74, 6) is -2.14. The van der Waals surface area contributed by atoms with E-state index in [1.165, 1.54) is 16.4 Å². The highest BCUT2D eigenvalue weighted by Gasteiger charge is 2.36. The van der Waals surface area contributed by atoms with Gasteiger partial charge in [0, 0.05) is 32.5 Å². The van der Waals surface area contributed by atoms with Crippen molar-refractivity contribution in [2.45, 2.75) is 69.8 Å². The molecule has 2 saturated heterocycles. The van der Waals surface area contributed by atoms with Gasteiger partial charge in [-0.3, -0.25) is 24.6 Å². The van der Waals surface area contributed by atoms with E-state index in [4.69, 9.17) is 0 Å². The molecule has 180 valence electrons. The summed E-state index contributed by atoms with van der Waals surface area (Å²) >= 11 is 0. The van der Waals surface area contributed by atoms with Crippen LogP contribution in [0.1, 0.15) is 51.4 Å². The van der Waals surface area contributed by atoms with Crippen LogP contribution in [0.3, 0.4) is 0 Å². The van der Waals surface area contributed by atoms with E-state index in [2.05, 4.69) is 11.9 Å². The third-order valence-corrected chi connectivity index (χ3v) is 5.50. The molecule has 2 fully saturated rings. The molecule has 2 aliphatic heterocycles. The molecule has 12 heteroatoms. The monoisotopic (exact) mass is 461 g/mol. The lowest BCUT2D eigenvalue weighted by atomic mass is 10.1. The summed E-state index contributed by atoms with van der Waals surface area (Å²) in [6.07, 6.45) is 0.337. The number of rotatable bonds is 9. The number of carbonyl (C=O) groups is 4. The molecule has 2 rings (SSSR count). The smallest absolute Gasteiger partial charge is 0.343 e. The van der Waals surface area contributed by atoms with Gasteiger partial charge in [-0.05, 0) is 38.5 Å². The maximum atomic E-state index is 12.7. The summed E-state index contributed by atoms with van der Waals surface area (Å²) in [5.41, 5.74) is 2.40. The lowest BCUT2D eigenvalue weighted by Crippen LogP contribution is -2.56. The molecule has 2 atom stereocenters. The normalized spacial score (nSPS) is 19.9. The number of hydrogen-bond donors (Lipinski definition) is 3. The molecule has 0 aromatic carbocycles. The van der Waals surface area contributed by atoms with Gasteiger partial charge in [0.25, 0.3) is 5.91 Å². The van der Waals surface area contributed by atoms with Crippen LogP contribution in [-0.4, -0.2) is 71.4 Å². The minimum absolute atomic E-state index is 0.0226. The molecule has 0 radical (unpaired) electrons. The van der Waals surface area contributed by atoms with E-state index in [-0.39, 0.29) is 31.1 Å². The molecule has 0 aliphatic carbocycles. The zero-order valence-electron chi connectivity index (χ0n) is 17.9. The molecule has 0 unspecified atom stereocenters. The Morgan fingerprint density at radius 2 is 1.66 bits per heavy atom. The highest BCUT2D eigenvalue weighted by molar-refractivity contribution is 5.93. The van der Waals surface area contributed by atoms with Crippen molar-refractivity contribution in [3.8, 4) is 0 Å². The van der Waals surface area contributed by atoms with Crippen LogP contribution in [0.15, 0.2) is 12.7 Å². The first-order chi connectivity index (χ1) is 15.1. The molecular formula is C20H30F3N5O4. The lowest BCUT2D eigenvalue weighted by molar-refractivity contribution is -0.172. The maximum absolute atomic E-state index is 12.7. The second-order valence-corrected chi connectivity index (χ2v) is 7.88. The van der Waals surface area contributed by atoms with Crippen molar-refractivity contribution < 1.29 is 32.3 Å². The number of hydrogen-bond acceptors (Lipinski definition) is 5. The van der Waals surface area contributed by atoms with Gasteiger partial charge in [-0.15, -0.1) is 12.0 Å². The summed E-state index contributed by atoms with van der Waals surface area (Å²) < 4.78 is 36.8. The average molecular weight is 461 g/mol. The maximum Gasteiger partial charge on any atom is 0.474 e. The lowest BCUT2D eigenvalue weighted by Gasteiger charge is -2.28. The number of piperidine rings is 1. The number of nitrogens with one attached hydrogen (secondary N) is 3. The van der Waals surface area contributed by atoms with Gasteiger partial charge < -0.3 is 15.1 Å². The van der Waals surface area contributed by atoms with E-state index in [9.17, 15) is 32.3 Å². The molecular weight excluding hydrogens is 431 g/mol. The molecule has 0 bridgehead atoms. The van der Waals surface area contributed by atoms with Gasteiger partial charge in [-0.2, -0.15) is 13.2 Å². The molecule has 0 spiro atoms. The zero-order valence-corrected chi connectivity index (χ0v) is 17.9. The van der Waals surface area contributed by atoms with Crippen molar-refractivity contribution in [1.82, 2.24) is 26.0 Å². The third kappa shape index (κ3) is 7.81. The quantitative estimate of drug-likeness (QED) is 0.269. The van der Waals surface area contributed by atoms with Crippen molar-refractivity contribution in [3.05, 3.63) is 12.7 Å². The van der Waals surface area contributed by atoms with Crippen molar-refractivity contribution in [1.29, 1.82) is 0 Å². The van der Waals surface area contributed by atoms with E-state index in [1.54, 1.807) is 4.90 Å². The third-order valence-electron chi connectivity index (χ3n) is 5.50. The Balaban J connectivity index is 1.89. The van der Waals surface area contributed by atoms with Crippen LogP contribution in [-0.2, 0) is 19.2 Å². The molecule has 3 N–H and O–H groups in total. The summed E-state index contributed by atoms with van der Waals surface area (Å²) in [4.78, 5) is 52.8. The van der Waals surface area contributed by atoms with Gasteiger partial charge in [0.1, 0.15) is 12.1 Å². The van der Waals surface area contributed by atoms with Gasteiger partial charge in [0.2, 0.25) is 17.7 Å². The number of amides is 4. The minimum Gasteiger partial charge on any atom is -0.343 e. The van der Waals surface area contributed by atoms with Crippen LogP contribution in [0.5, 0.6) is 0 Å². The average Bonchev–Trinajstić information content (AvgIpc) is 3.25. The number of nitrogens with zero attached hydrogens (tertiary/aromatic N) is 2. The molecule has 2 heterocycles. The molecule has 32 heavy (non-hydrogen) atoms. The summed E-state index contributed by atoms with van der Waals surface area (Å²) in [5, 5.41) is 2.40. The predicted octanol–water partition coefficient (Wildman–Crippen LogP) is 0.972. The predicted molar refractivity (Wildman–Crippen MR) is 108 cm³/mol. The molecule has 0 aromatic heterocycles. The van der Waals surface area contributed by atoms with Crippen molar-refractivity contribution >= 4 is 23.6 Å². The summed E-state index contributed by atoms with van der Waals surface area (Å²) in [6.45, 7) is 5.17. The molecule has 4 amide bonds. The highest BCUT2D eigenvalue weighted by atomic mass is 19.4. The van der Waals surface area contributed by atoms with E-state index in [0.29, 0.717) is 32.5 Å². The molecule has 2 aliphatic rings. The first kappa shape index (κ1) is 25.6. The Labute approximate surface area is 184 Å². The second kappa shape index (κ2) is 11.8. The fourth-order valence-electron chi connectivity index (χ4n) is 3.88. The summed E-state index contributed by atoms with van der Waals surface area (Å²) in [6, 6.07) is -2.13. The molecule has 0 saturated carbocycles. The van der Waals surface area contributed by atoms with Gasteiger partial charge in [0.15, 0.2) is 0 Å². The molecule has 9 nitrogen and oxygen atoms in total. The highest BCUT2D eigenvalue weighted by Crippen LogP contribution is 2.20.